The van der Waals surface area contributed by atoms with Gasteiger partial charge in [-0.1, -0.05) is 25.8 Å². The van der Waals surface area contributed by atoms with Crippen molar-refractivity contribution < 1.29 is 0 Å². The molecule has 0 atom stereocenters. The minimum Gasteiger partial charge on any atom is -0.368 e. The molecule has 2 N–H and O–H groups in total. The minimum atomic E-state index is 0.296. The first-order valence-electron chi connectivity index (χ1n) is 7.23. The number of nitrogens with zero attached hydrogens (tertiary/aromatic N) is 4. The van der Waals surface area contributed by atoms with Crippen molar-refractivity contribution in [2.24, 2.45) is 0 Å². The molecule has 1 saturated carbocycles. The lowest BCUT2D eigenvalue weighted by atomic mass is 10.1. The molecule has 2 aromatic rings. The molecule has 3 rings (SSSR count). The summed E-state index contributed by atoms with van der Waals surface area (Å²) in [5, 5.41) is 0. The van der Waals surface area contributed by atoms with Gasteiger partial charge in [-0.3, -0.25) is 4.98 Å². The Bertz CT molecular complexity index is 605. The summed E-state index contributed by atoms with van der Waals surface area (Å²) in [6, 6.07) is 3.99. The number of pyridine rings is 1. The topological polar surface area (TPSA) is 77.6 Å². The van der Waals surface area contributed by atoms with Crippen LogP contribution in [0.5, 0.6) is 0 Å². The van der Waals surface area contributed by atoms with Crippen molar-refractivity contribution in [3.8, 4) is 11.5 Å². The standard InChI is InChI=1S/C15H19N5/c1-2-10-8-5-9-17-12(10)14-18-13(19-15(16)20-14)11-6-3-4-7-11/h5,8-9,11H,2-4,6-7H2,1H3,(H2,16,18,19,20). The third-order valence-corrected chi connectivity index (χ3v) is 3.87. The summed E-state index contributed by atoms with van der Waals surface area (Å²) in [4.78, 5) is 17.7. The highest BCUT2D eigenvalue weighted by molar-refractivity contribution is 5.55. The Hall–Kier alpha value is -2.04. The molecule has 0 aromatic carbocycles. The highest BCUT2D eigenvalue weighted by Gasteiger charge is 2.22. The van der Waals surface area contributed by atoms with Gasteiger partial charge in [0, 0.05) is 12.1 Å². The van der Waals surface area contributed by atoms with Crippen molar-refractivity contribution in [1.29, 1.82) is 0 Å². The Morgan fingerprint density at radius 3 is 2.75 bits per heavy atom. The van der Waals surface area contributed by atoms with E-state index in [4.69, 9.17) is 5.73 Å². The number of hydrogen-bond acceptors (Lipinski definition) is 5. The van der Waals surface area contributed by atoms with Crippen LogP contribution < -0.4 is 5.73 Å². The first-order chi connectivity index (χ1) is 9.78. The van der Waals surface area contributed by atoms with Gasteiger partial charge in [0.15, 0.2) is 5.82 Å². The smallest absolute Gasteiger partial charge is 0.223 e. The number of rotatable bonds is 3. The highest BCUT2D eigenvalue weighted by Crippen LogP contribution is 2.33. The van der Waals surface area contributed by atoms with Crippen LogP contribution in [0.2, 0.25) is 0 Å². The predicted molar refractivity (Wildman–Crippen MR) is 78.1 cm³/mol. The Labute approximate surface area is 118 Å². The molecule has 1 aliphatic rings. The van der Waals surface area contributed by atoms with Gasteiger partial charge in [-0.2, -0.15) is 9.97 Å². The first-order valence-corrected chi connectivity index (χ1v) is 7.23. The molecule has 2 heterocycles. The molecule has 1 aliphatic carbocycles. The van der Waals surface area contributed by atoms with E-state index in [0.29, 0.717) is 17.7 Å². The minimum absolute atomic E-state index is 0.296. The number of anilines is 1. The summed E-state index contributed by atoms with van der Waals surface area (Å²) in [6.07, 6.45) is 7.44. The maximum atomic E-state index is 5.87. The van der Waals surface area contributed by atoms with Gasteiger partial charge in [0.05, 0.1) is 0 Å². The van der Waals surface area contributed by atoms with Crippen LogP contribution in [0, 0.1) is 0 Å². The molecule has 0 bridgehead atoms. The molecule has 2 aromatic heterocycles. The normalized spacial score (nSPS) is 15.7. The Morgan fingerprint density at radius 1 is 1.20 bits per heavy atom. The van der Waals surface area contributed by atoms with Crippen molar-refractivity contribution >= 4 is 5.95 Å². The summed E-state index contributed by atoms with van der Waals surface area (Å²) in [7, 11) is 0. The second-order valence-corrected chi connectivity index (χ2v) is 5.22. The van der Waals surface area contributed by atoms with Crippen molar-refractivity contribution in [3.05, 3.63) is 29.7 Å². The maximum Gasteiger partial charge on any atom is 0.223 e. The van der Waals surface area contributed by atoms with E-state index in [-0.39, 0.29) is 0 Å². The van der Waals surface area contributed by atoms with Gasteiger partial charge < -0.3 is 5.73 Å². The third-order valence-electron chi connectivity index (χ3n) is 3.87. The number of hydrogen-bond donors (Lipinski definition) is 1. The lowest BCUT2D eigenvalue weighted by Crippen LogP contribution is -2.09. The van der Waals surface area contributed by atoms with Crippen LogP contribution in [0.15, 0.2) is 18.3 Å². The number of aromatic nitrogens is 4. The Balaban J connectivity index is 2.04. The number of nitrogen functional groups attached to an aromatic ring is 1. The molecule has 0 saturated heterocycles. The van der Waals surface area contributed by atoms with Crippen molar-refractivity contribution in [3.63, 3.8) is 0 Å². The number of aryl methyl sites for hydroxylation is 1. The van der Waals surface area contributed by atoms with Gasteiger partial charge in [0.2, 0.25) is 5.95 Å². The molecule has 20 heavy (non-hydrogen) atoms. The zero-order chi connectivity index (χ0) is 13.9. The van der Waals surface area contributed by atoms with Crippen molar-refractivity contribution in [2.45, 2.75) is 44.9 Å². The molecule has 0 radical (unpaired) electrons. The van der Waals surface area contributed by atoms with E-state index in [0.717, 1.165) is 36.3 Å². The van der Waals surface area contributed by atoms with Crippen LogP contribution in [0.1, 0.15) is 49.9 Å². The second kappa shape index (κ2) is 5.53. The summed E-state index contributed by atoms with van der Waals surface area (Å²) < 4.78 is 0. The van der Waals surface area contributed by atoms with E-state index in [9.17, 15) is 0 Å². The van der Waals surface area contributed by atoms with E-state index >= 15 is 0 Å². The van der Waals surface area contributed by atoms with Gasteiger partial charge in [-0.05, 0) is 30.9 Å². The zero-order valence-corrected chi connectivity index (χ0v) is 11.7. The van der Waals surface area contributed by atoms with Gasteiger partial charge >= 0.3 is 0 Å². The third kappa shape index (κ3) is 2.48. The molecular formula is C15H19N5. The Morgan fingerprint density at radius 2 is 2.00 bits per heavy atom. The average molecular weight is 269 g/mol. The van der Waals surface area contributed by atoms with Crippen LogP contribution in [0.25, 0.3) is 11.5 Å². The van der Waals surface area contributed by atoms with Crippen LogP contribution in [0.4, 0.5) is 5.95 Å². The molecular weight excluding hydrogens is 250 g/mol. The predicted octanol–water partition coefficient (Wildman–Crippen LogP) is 2.74. The molecule has 1 fully saturated rings. The van der Waals surface area contributed by atoms with Crippen LogP contribution in [-0.2, 0) is 6.42 Å². The lowest BCUT2D eigenvalue weighted by molar-refractivity contribution is 0.664. The summed E-state index contributed by atoms with van der Waals surface area (Å²) in [5.41, 5.74) is 7.82. The monoisotopic (exact) mass is 269 g/mol. The van der Waals surface area contributed by atoms with Gasteiger partial charge in [0.1, 0.15) is 11.5 Å². The lowest BCUT2D eigenvalue weighted by Gasteiger charge is -2.11. The summed E-state index contributed by atoms with van der Waals surface area (Å²) in [5.74, 6) is 2.16. The average Bonchev–Trinajstić information content (AvgIpc) is 3.01. The molecule has 0 unspecified atom stereocenters. The fourth-order valence-electron chi connectivity index (χ4n) is 2.81. The van der Waals surface area contributed by atoms with Crippen LogP contribution in [-0.4, -0.2) is 19.9 Å². The van der Waals surface area contributed by atoms with Gasteiger partial charge in [0.25, 0.3) is 0 Å². The maximum absolute atomic E-state index is 5.87. The quantitative estimate of drug-likeness (QED) is 0.927. The van der Waals surface area contributed by atoms with Crippen LogP contribution >= 0.6 is 0 Å². The van der Waals surface area contributed by atoms with E-state index in [1.165, 1.54) is 12.8 Å². The Kier molecular flexibility index (Phi) is 3.58. The molecule has 0 spiro atoms. The summed E-state index contributed by atoms with van der Waals surface area (Å²) in [6.45, 7) is 2.10. The van der Waals surface area contributed by atoms with Gasteiger partial charge in [-0.15, -0.1) is 0 Å². The second-order valence-electron chi connectivity index (χ2n) is 5.22. The first kappa shape index (κ1) is 13.0. The van der Waals surface area contributed by atoms with E-state index in [1.807, 2.05) is 6.07 Å². The molecule has 0 amide bonds. The summed E-state index contributed by atoms with van der Waals surface area (Å²) >= 11 is 0. The van der Waals surface area contributed by atoms with Crippen molar-refractivity contribution in [2.75, 3.05) is 5.73 Å². The van der Waals surface area contributed by atoms with E-state index in [2.05, 4.69) is 32.9 Å². The largest absolute Gasteiger partial charge is 0.368 e. The van der Waals surface area contributed by atoms with E-state index < -0.39 is 0 Å². The fourth-order valence-corrected chi connectivity index (χ4v) is 2.81. The SMILES string of the molecule is CCc1cccnc1-c1nc(N)nc(C2CCCC2)n1. The number of nitrogens with two attached hydrogens (primary N) is 1. The molecule has 5 nitrogen and oxygen atoms in total. The highest BCUT2D eigenvalue weighted by atomic mass is 15.1. The fraction of sp³-hybridized carbons (Fsp3) is 0.467. The zero-order valence-electron chi connectivity index (χ0n) is 11.7. The van der Waals surface area contributed by atoms with Gasteiger partial charge in [-0.25, -0.2) is 4.98 Å². The van der Waals surface area contributed by atoms with Crippen LogP contribution in [0.3, 0.4) is 0 Å². The molecule has 104 valence electrons. The van der Waals surface area contributed by atoms with Crippen molar-refractivity contribution in [1.82, 2.24) is 19.9 Å². The van der Waals surface area contributed by atoms with E-state index in [1.54, 1.807) is 6.20 Å². The molecule has 5 heteroatoms. The molecule has 0 aliphatic heterocycles.